The van der Waals surface area contributed by atoms with E-state index in [4.69, 9.17) is 6.42 Å². The van der Waals surface area contributed by atoms with Gasteiger partial charge in [-0.1, -0.05) is 0 Å². The summed E-state index contributed by atoms with van der Waals surface area (Å²) >= 11 is 0. The van der Waals surface area contributed by atoms with Crippen LogP contribution in [0.3, 0.4) is 0 Å². The van der Waals surface area contributed by atoms with Gasteiger partial charge in [-0.3, -0.25) is 4.98 Å². The lowest BCUT2D eigenvalue weighted by molar-refractivity contribution is 0.170. The van der Waals surface area contributed by atoms with Gasteiger partial charge in [-0.05, 0) is 30.5 Å². The van der Waals surface area contributed by atoms with E-state index in [1.54, 1.807) is 12.4 Å². The maximum atomic E-state index is 9.35. The van der Waals surface area contributed by atoms with E-state index in [1.807, 2.05) is 12.1 Å². The highest BCUT2D eigenvalue weighted by molar-refractivity contribution is 5.09. The second kappa shape index (κ2) is 5.34. The molecule has 1 rings (SSSR count). The molecule has 1 aromatic rings. The van der Waals surface area contributed by atoms with Gasteiger partial charge in [-0.2, -0.15) is 0 Å². The smallest absolute Gasteiger partial charge is 0.0652 e. The monoisotopic (exact) mass is 175 g/mol. The summed E-state index contributed by atoms with van der Waals surface area (Å²) in [5, 5.41) is 9.35. The van der Waals surface area contributed by atoms with Crippen LogP contribution in [0.25, 0.3) is 0 Å². The lowest BCUT2D eigenvalue weighted by Crippen LogP contribution is -2.06. The summed E-state index contributed by atoms with van der Waals surface area (Å²) in [6.07, 6.45) is 10.2. The third kappa shape index (κ3) is 3.73. The average molecular weight is 175 g/mol. The Morgan fingerprint density at radius 2 is 2.15 bits per heavy atom. The number of aliphatic hydroxyl groups excluding tert-OH is 1. The maximum absolute atomic E-state index is 9.35. The van der Waals surface area contributed by atoms with Crippen molar-refractivity contribution in [2.24, 2.45) is 0 Å². The van der Waals surface area contributed by atoms with Crippen molar-refractivity contribution in [1.29, 1.82) is 0 Å². The predicted octanol–water partition coefficient (Wildman–Crippen LogP) is 1.40. The largest absolute Gasteiger partial charge is 0.392 e. The van der Waals surface area contributed by atoms with Gasteiger partial charge in [0.05, 0.1) is 6.10 Å². The number of hydrogen-bond donors (Lipinski definition) is 1. The van der Waals surface area contributed by atoms with E-state index in [0.29, 0.717) is 12.8 Å². The fourth-order valence-corrected chi connectivity index (χ4v) is 1.12. The molecule has 1 aromatic heterocycles. The van der Waals surface area contributed by atoms with Crippen LogP contribution in [0.4, 0.5) is 0 Å². The van der Waals surface area contributed by atoms with E-state index in [-0.39, 0.29) is 6.10 Å². The van der Waals surface area contributed by atoms with Gasteiger partial charge in [0.2, 0.25) is 0 Å². The number of hydrogen-bond acceptors (Lipinski definition) is 2. The average Bonchev–Trinajstić information content (AvgIpc) is 2.17. The first kappa shape index (κ1) is 9.76. The number of aliphatic hydroxyl groups is 1. The molecule has 2 heteroatoms. The van der Waals surface area contributed by atoms with Gasteiger partial charge in [-0.15, -0.1) is 12.3 Å². The third-order valence-corrected chi connectivity index (χ3v) is 1.87. The van der Waals surface area contributed by atoms with Gasteiger partial charge in [0.1, 0.15) is 0 Å². The van der Waals surface area contributed by atoms with Crippen LogP contribution in [-0.2, 0) is 6.42 Å². The van der Waals surface area contributed by atoms with E-state index in [9.17, 15) is 5.11 Å². The molecule has 0 fully saturated rings. The Hall–Kier alpha value is -1.33. The van der Waals surface area contributed by atoms with Crippen LogP contribution in [-0.4, -0.2) is 16.2 Å². The molecule has 1 atom stereocenters. The van der Waals surface area contributed by atoms with Gasteiger partial charge in [0, 0.05) is 18.8 Å². The fraction of sp³-hybridized carbons (Fsp3) is 0.364. The minimum atomic E-state index is -0.377. The van der Waals surface area contributed by atoms with E-state index in [0.717, 1.165) is 6.42 Å². The zero-order valence-electron chi connectivity index (χ0n) is 7.48. The van der Waals surface area contributed by atoms with Gasteiger partial charge in [-0.25, -0.2) is 0 Å². The first-order chi connectivity index (χ1) is 6.33. The molecule has 0 saturated carbocycles. The molecule has 0 amide bonds. The number of rotatable bonds is 4. The second-order valence-electron chi connectivity index (χ2n) is 2.96. The van der Waals surface area contributed by atoms with Crippen molar-refractivity contribution in [2.45, 2.75) is 25.4 Å². The minimum absolute atomic E-state index is 0.377. The Kier molecular flexibility index (Phi) is 4.01. The van der Waals surface area contributed by atoms with E-state index >= 15 is 0 Å². The Balaban J connectivity index is 2.32. The molecule has 13 heavy (non-hydrogen) atoms. The molecule has 0 bridgehead atoms. The summed E-state index contributed by atoms with van der Waals surface area (Å²) < 4.78 is 0. The van der Waals surface area contributed by atoms with Crippen LogP contribution in [0.1, 0.15) is 18.4 Å². The summed E-state index contributed by atoms with van der Waals surface area (Å²) in [7, 11) is 0. The van der Waals surface area contributed by atoms with Crippen molar-refractivity contribution in [1.82, 2.24) is 4.98 Å². The van der Waals surface area contributed by atoms with E-state index in [2.05, 4.69) is 10.9 Å². The molecule has 0 aliphatic carbocycles. The Labute approximate surface area is 78.6 Å². The highest BCUT2D eigenvalue weighted by atomic mass is 16.3. The van der Waals surface area contributed by atoms with E-state index < -0.39 is 0 Å². The highest BCUT2D eigenvalue weighted by Crippen LogP contribution is 2.05. The first-order valence-electron chi connectivity index (χ1n) is 4.33. The van der Waals surface area contributed by atoms with Crippen molar-refractivity contribution in [3.05, 3.63) is 30.1 Å². The van der Waals surface area contributed by atoms with Crippen molar-refractivity contribution >= 4 is 0 Å². The second-order valence-corrected chi connectivity index (χ2v) is 2.96. The summed E-state index contributed by atoms with van der Waals surface area (Å²) in [6, 6.07) is 3.89. The molecule has 0 aliphatic heterocycles. The number of pyridine rings is 1. The van der Waals surface area contributed by atoms with Crippen LogP contribution in [0.2, 0.25) is 0 Å². The van der Waals surface area contributed by atoms with Crippen molar-refractivity contribution < 1.29 is 5.11 Å². The lowest BCUT2D eigenvalue weighted by atomic mass is 10.1. The summed E-state index contributed by atoms with van der Waals surface area (Å²) in [4.78, 5) is 3.91. The standard InChI is InChI=1S/C11H13NO/c1-2-3-11(13)5-4-10-6-8-12-9-7-10/h1,6-9,11,13H,3-5H2. The van der Waals surface area contributed by atoms with Gasteiger partial charge in [0.25, 0.3) is 0 Å². The quantitative estimate of drug-likeness (QED) is 0.702. The van der Waals surface area contributed by atoms with Crippen molar-refractivity contribution in [3.8, 4) is 12.3 Å². The molecular formula is C11H13NO. The van der Waals surface area contributed by atoms with Crippen molar-refractivity contribution in [2.75, 3.05) is 0 Å². The molecule has 2 nitrogen and oxygen atoms in total. The van der Waals surface area contributed by atoms with Crippen LogP contribution >= 0.6 is 0 Å². The molecule has 1 heterocycles. The molecule has 68 valence electrons. The molecule has 0 saturated heterocycles. The zero-order valence-corrected chi connectivity index (χ0v) is 7.48. The number of aryl methyl sites for hydroxylation is 1. The Morgan fingerprint density at radius 1 is 1.46 bits per heavy atom. The molecule has 0 aromatic carbocycles. The zero-order chi connectivity index (χ0) is 9.52. The predicted molar refractivity (Wildman–Crippen MR) is 52.0 cm³/mol. The van der Waals surface area contributed by atoms with E-state index in [1.165, 1.54) is 5.56 Å². The first-order valence-corrected chi connectivity index (χ1v) is 4.33. The molecule has 0 aliphatic rings. The maximum Gasteiger partial charge on any atom is 0.0652 e. The summed E-state index contributed by atoms with van der Waals surface area (Å²) in [6.45, 7) is 0. The summed E-state index contributed by atoms with van der Waals surface area (Å²) in [5.41, 5.74) is 1.19. The molecule has 1 N–H and O–H groups in total. The van der Waals surface area contributed by atoms with Crippen LogP contribution in [0.5, 0.6) is 0 Å². The Bertz CT molecular complexity index is 276. The SMILES string of the molecule is C#CCC(O)CCc1ccncc1. The summed E-state index contributed by atoms with van der Waals surface area (Å²) in [5.74, 6) is 2.44. The topological polar surface area (TPSA) is 33.1 Å². The van der Waals surface area contributed by atoms with Gasteiger partial charge >= 0.3 is 0 Å². The van der Waals surface area contributed by atoms with Gasteiger partial charge < -0.3 is 5.11 Å². The van der Waals surface area contributed by atoms with Crippen LogP contribution in [0.15, 0.2) is 24.5 Å². The van der Waals surface area contributed by atoms with Gasteiger partial charge in [0.15, 0.2) is 0 Å². The number of aromatic nitrogens is 1. The molecular weight excluding hydrogens is 162 g/mol. The van der Waals surface area contributed by atoms with Crippen LogP contribution < -0.4 is 0 Å². The molecule has 0 spiro atoms. The minimum Gasteiger partial charge on any atom is -0.392 e. The lowest BCUT2D eigenvalue weighted by Gasteiger charge is -2.05. The highest BCUT2D eigenvalue weighted by Gasteiger charge is 2.01. The third-order valence-electron chi connectivity index (χ3n) is 1.87. The van der Waals surface area contributed by atoms with Crippen molar-refractivity contribution in [3.63, 3.8) is 0 Å². The Morgan fingerprint density at radius 3 is 2.77 bits per heavy atom. The number of terminal acetylenes is 1. The van der Waals surface area contributed by atoms with Crippen LogP contribution in [0, 0.1) is 12.3 Å². The molecule has 1 unspecified atom stereocenters. The number of nitrogens with zero attached hydrogens (tertiary/aromatic N) is 1. The fourth-order valence-electron chi connectivity index (χ4n) is 1.12. The molecule has 0 radical (unpaired) electrons. The normalized spacial score (nSPS) is 12.0.